The molecule has 1 saturated carbocycles. The summed E-state index contributed by atoms with van der Waals surface area (Å²) in [5, 5.41) is 5.66. The third-order valence-corrected chi connectivity index (χ3v) is 4.80. The van der Waals surface area contributed by atoms with Crippen molar-refractivity contribution in [3.05, 3.63) is 52.4 Å². The molecule has 1 aromatic carbocycles. The second kappa shape index (κ2) is 6.58. The van der Waals surface area contributed by atoms with Crippen LogP contribution in [0.15, 0.2) is 45.5 Å². The van der Waals surface area contributed by atoms with E-state index < -0.39 is 0 Å². The fourth-order valence-electron chi connectivity index (χ4n) is 2.45. The van der Waals surface area contributed by atoms with Crippen molar-refractivity contribution in [3.8, 4) is 0 Å². The van der Waals surface area contributed by atoms with Gasteiger partial charge in [0.15, 0.2) is 0 Å². The summed E-state index contributed by atoms with van der Waals surface area (Å²) in [7, 11) is 0. The summed E-state index contributed by atoms with van der Waals surface area (Å²) < 4.78 is 6.16. The summed E-state index contributed by atoms with van der Waals surface area (Å²) in [6.07, 6.45) is 2.15. The van der Waals surface area contributed by atoms with E-state index in [0.717, 1.165) is 15.7 Å². The normalized spacial score (nSPS) is 19.2. The molecular weight excluding hydrogens is 360 g/mol. The largest absolute Gasteiger partial charge is 0.467 e. The molecule has 0 saturated heterocycles. The second-order valence-electron chi connectivity index (χ2n) is 5.70. The van der Waals surface area contributed by atoms with E-state index in [1.165, 1.54) is 0 Å². The van der Waals surface area contributed by atoms with Gasteiger partial charge in [0, 0.05) is 10.2 Å². The molecule has 3 rings (SSSR count). The van der Waals surface area contributed by atoms with Crippen molar-refractivity contribution >= 4 is 33.4 Å². The number of hydrogen-bond acceptors (Lipinski definition) is 3. The SMILES string of the molecule is Cc1cc(NC(=O)C2CC2C(=O)NCc2ccco2)ccc1Br. The minimum absolute atomic E-state index is 0.103. The summed E-state index contributed by atoms with van der Waals surface area (Å²) in [4.78, 5) is 24.2. The van der Waals surface area contributed by atoms with Crippen molar-refractivity contribution in [1.29, 1.82) is 0 Å². The van der Waals surface area contributed by atoms with Crippen LogP contribution in [0.3, 0.4) is 0 Å². The van der Waals surface area contributed by atoms with E-state index in [1.54, 1.807) is 18.4 Å². The summed E-state index contributed by atoms with van der Waals surface area (Å²) >= 11 is 3.43. The number of anilines is 1. The molecule has 1 fully saturated rings. The van der Waals surface area contributed by atoms with Crippen LogP contribution >= 0.6 is 15.9 Å². The van der Waals surface area contributed by atoms with Crippen molar-refractivity contribution < 1.29 is 14.0 Å². The number of hydrogen-bond donors (Lipinski definition) is 2. The topological polar surface area (TPSA) is 71.3 Å². The third kappa shape index (κ3) is 3.82. The monoisotopic (exact) mass is 376 g/mol. The maximum absolute atomic E-state index is 12.2. The number of benzene rings is 1. The van der Waals surface area contributed by atoms with Gasteiger partial charge in [-0.25, -0.2) is 0 Å². The Labute approximate surface area is 142 Å². The van der Waals surface area contributed by atoms with Crippen molar-refractivity contribution in [1.82, 2.24) is 5.32 Å². The van der Waals surface area contributed by atoms with Crippen LogP contribution in [-0.2, 0) is 16.1 Å². The van der Waals surface area contributed by atoms with Crippen LogP contribution in [0.25, 0.3) is 0 Å². The van der Waals surface area contributed by atoms with Gasteiger partial charge in [-0.2, -0.15) is 0 Å². The lowest BCUT2D eigenvalue weighted by Gasteiger charge is -2.07. The Morgan fingerprint density at radius 1 is 1.26 bits per heavy atom. The number of carbonyl (C=O) groups is 2. The highest BCUT2D eigenvalue weighted by Gasteiger charge is 2.47. The first-order valence-corrected chi connectivity index (χ1v) is 8.21. The first-order chi connectivity index (χ1) is 11.0. The van der Waals surface area contributed by atoms with Gasteiger partial charge in [0.1, 0.15) is 5.76 Å². The molecule has 2 unspecified atom stereocenters. The van der Waals surface area contributed by atoms with Gasteiger partial charge in [-0.05, 0) is 49.2 Å². The molecule has 2 N–H and O–H groups in total. The molecule has 0 bridgehead atoms. The highest BCUT2D eigenvalue weighted by atomic mass is 79.9. The molecule has 2 atom stereocenters. The van der Waals surface area contributed by atoms with Gasteiger partial charge < -0.3 is 15.1 Å². The van der Waals surface area contributed by atoms with Crippen molar-refractivity contribution in [2.75, 3.05) is 5.32 Å². The van der Waals surface area contributed by atoms with Gasteiger partial charge in [-0.1, -0.05) is 15.9 Å². The van der Waals surface area contributed by atoms with Crippen molar-refractivity contribution in [2.24, 2.45) is 11.8 Å². The molecule has 0 radical (unpaired) electrons. The predicted molar refractivity (Wildman–Crippen MR) is 89.7 cm³/mol. The van der Waals surface area contributed by atoms with Crippen molar-refractivity contribution in [2.45, 2.75) is 19.9 Å². The van der Waals surface area contributed by atoms with Crippen LogP contribution in [-0.4, -0.2) is 11.8 Å². The fraction of sp³-hybridized carbons (Fsp3) is 0.294. The summed E-state index contributed by atoms with van der Waals surface area (Å²) in [5.41, 5.74) is 1.80. The lowest BCUT2D eigenvalue weighted by atomic mass is 10.2. The highest BCUT2D eigenvalue weighted by Crippen LogP contribution is 2.39. The third-order valence-electron chi connectivity index (χ3n) is 3.91. The van der Waals surface area contributed by atoms with Crippen molar-refractivity contribution in [3.63, 3.8) is 0 Å². The van der Waals surface area contributed by atoms with Gasteiger partial charge in [-0.15, -0.1) is 0 Å². The first kappa shape index (κ1) is 15.8. The van der Waals surface area contributed by atoms with E-state index in [1.807, 2.05) is 25.1 Å². The van der Waals surface area contributed by atoms with E-state index in [0.29, 0.717) is 18.7 Å². The van der Waals surface area contributed by atoms with Crippen LogP contribution in [0.2, 0.25) is 0 Å². The summed E-state index contributed by atoms with van der Waals surface area (Å²) in [5.74, 6) is -0.0131. The lowest BCUT2D eigenvalue weighted by molar-refractivity contribution is -0.125. The Hall–Kier alpha value is -2.08. The van der Waals surface area contributed by atoms with E-state index >= 15 is 0 Å². The fourth-order valence-corrected chi connectivity index (χ4v) is 2.70. The molecule has 0 aliphatic heterocycles. The summed E-state index contributed by atoms with van der Waals surface area (Å²) in [6, 6.07) is 9.20. The van der Waals surface area contributed by atoms with Crippen LogP contribution in [0.4, 0.5) is 5.69 Å². The number of rotatable bonds is 5. The number of aryl methyl sites for hydroxylation is 1. The smallest absolute Gasteiger partial charge is 0.228 e. The Kier molecular flexibility index (Phi) is 4.52. The van der Waals surface area contributed by atoms with Gasteiger partial charge in [0.2, 0.25) is 11.8 Å². The van der Waals surface area contributed by atoms with Crippen LogP contribution in [0.5, 0.6) is 0 Å². The number of halogens is 1. The average Bonchev–Trinajstić information content (AvgIpc) is 3.17. The highest BCUT2D eigenvalue weighted by molar-refractivity contribution is 9.10. The molecule has 1 aliphatic rings. The minimum Gasteiger partial charge on any atom is -0.467 e. The molecule has 2 amide bonds. The van der Waals surface area contributed by atoms with E-state index in [4.69, 9.17) is 4.42 Å². The maximum atomic E-state index is 12.2. The van der Waals surface area contributed by atoms with E-state index in [-0.39, 0.29) is 23.7 Å². The number of furan rings is 1. The molecule has 5 nitrogen and oxygen atoms in total. The second-order valence-corrected chi connectivity index (χ2v) is 6.55. The molecule has 0 spiro atoms. The quantitative estimate of drug-likeness (QED) is 0.841. The number of nitrogens with one attached hydrogen (secondary N) is 2. The molecule has 6 heteroatoms. The predicted octanol–water partition coefficient (Wildman–Crippen LogP) is 3.24. The first-order valence-electron chi connectivity index (χ1n) is 7.41. The van der Waals surface area contributed by atoms with E-state index in [2.05, 4.69) is 26.6 Å². The van der Waals surface area contributed by atoms with Crippen LogP contribution < -0.4 is 10.6 Å². The zero-order valence-corrected chi connectivity index (χ0v) is 14.2. The average molecular weight is 377 g/mol. The number of carbonyl (C=O) groups excluding carboxylic acids is 2. The maximum Gasteiger partial charge on any atom is 0.228 e. The van der Waals surface area contributed by atoms with E-state index in [9.17, 15) is 9.59 Å². The Morgan fingerprint density at radius 2 is 2.04 bits per heavy atom. The molecule has 1 aliphatic carbocycles. The summed E-state index contributed by atoms with van der Waals surface area (Å²) in [6.45, 7) is 2.31. The number of amides is 2. The Bertz CT molecular complexity index is 727. The molecule has 2 aromatic rings. The lowest BCUT2D eigenvalue weighted by Crippen LogP contribution is -2.26. The van der Waals surface area contributed by atoms with Gasteiger partial charge in [0.25, 0.3) is 0 Å². The van der Waals surface area contributed by atoms with Gasteiger partial charge in [-0.3, -0.25) is 9.59 Å². The van der Waals surface area contributed by atoms with Crippen LogP contribution in [0.1, 0.15) is 17.7 Å². The zero-order chi connectivity index (χ0) is 16.4. The molecular formula is C17H17BrN2O3. The molecule has 120 valence electrons. The minimum atomic E-state index is -0.254. The molecule has 1 heterocycles. The van der Waals surface area contributed by atoms with Gasteiger partial charge in [0.05, 0.1) is 24.6 Å². The van der Waals surface area contributed by atoms with Gasteiger partial charge >= 0.3 is 0 Å². The Balaban J connectivity index is 1.50. The van der Waals surface area contributed by atoms with Crippen LogP contribution in [0, 0.1) is 18.8 Å². The molecule has 1 aromatic heterocycles. The standard InChI is InChI=1S/C17H17BrN2O3/c1-10-7-11(4-5-15(10)18)20-17(22)14-8-13(14)16(21)19-9-12-3-2-6-23-12/h2-7,13-14H,8-9H2,1H3,(H,19,21)(H,20,22). The Morgan fingerprint density at radius 3 is 2.74 bits per heavy atom. The molecule has 23 heavy (non-hydrogen) atoms. The zero-order valence-electron chi connectivity index (χ0n) is 12.6.